The van der Waals surface area contributed by atoms with Crippen LogP contribution in [0.15, 0.2) is 42.5 Å². The molecular formula is C20H24ClFN2O4S. The van der Waals surface area contributed by atoms with Crippen LogP contribution in [0.1, 0.15) is 18.9 Å². The van der Waals surface area contributed by atoms with E-state index in [4.69, 9.17) is 16.3 Å². The average Bonchev–Trinajstić information content (AvgIpc) is 2.67. The molecule has 0 aliphatic carbocycles. The Labute approximate surface area is 175 Å². The van der Waals surface area contributed by atoms with E-state index in [1.54, 1.807) is 14.0 Å². The molecule has 0 spiro atoms. The minimum atomic E-state index is -3.81. The van der Waals surface area contributed by atoms with Crippen molar-refractivity contribution in [2.24, 2.45) is 0 Å². The summed E-state index contributed by atoms with van der Waals surface area (Å²) in [5, 5.41) is 2.56. The Morgan fingerprint density at radius 2 is 1.90 bits per heavy atom. The van der Waals surface area contributed by atoms with Crippen LogP contribution in [0.2, 0.25) is 5.02 Å². The molecule has 1 amide bonds. The topological polar surface area (TPSA) is 75.7 Å². The Morgan fingerprint density at radius 3 is 2.41 bits per heavy atom. The van der Waals surface area contributed by atoms with Crippen LogP contribution < -0.4 is 14.4 Å². The van der Waals surface area contributed by atoms with Gasteiger partial charge in [0, 0.05) is 6.54 Å². The molecule has 29 heavy (non-hydrogen) atoms. The lowest BCUT2D eigenvalue weighted by Crippen LogP contribution is -2.49. The van der Waals surface area contributed by atoms with E-state index in [0.29, 0.717) is 13.0 Å². The van der Waals surface area contributed by atoms with Crippen LogP contribution in [0.5, 0.6) is 5.75 Å². The Bertz CT molecular complexity index is 951. The minimum Gasteiger partial charge on any atom is -0.497 e. The lowest BCUT2D eigenvalue weighted by Gasteiger charge is -2.30. The van der Waals surface area contributed by atoms with Gasteiger partial charge in [0.15, 0.2) is 0 Å². The summed E-state index contributed by atoms with van der Waals surface area (Å²) >= 11 is 5.80. The number of nitrogens with one attached hydrogen (secondary N) is 1. The summed E-state index contributed by atoms with van der Waals surface area (Å²) in [7, 11) is -2.23. The number of hydrogen-bond donors (Lipinski definition) is 1. The number of halogens is 2. The number of rotatable bonds is 9. The number of methoxy groups -OCH3 is 1. The molecular weight excluding hydrogens is 419 g/mol. The fraction of sp³-hybridized carbons (Fsp3) is 0.350. The van der Waals surface area contributed by atoms with Crippen molar-refractivity contribution in [3.8, 4) is 5.75 Å². The summed E-state index contributed by atoms with van der Waals surface area (Å²) in [5.74, 6) is -0.363. The van der Waals surface area contributed by atoms with E-state index in [9.17, 15) is 17.6 Å². The highest BCUT2D eigenvalue weighted by Gasteiger charge is 2.31. The zero-order valence-corrected chi connectivity index (χ0v) is 18.1. The number of hydrogen-bond acceptors (Lipinski definition) is 4. The molecule has 0 bridgehead atoms. The molecule has 1 atom stereocenters. The summed E-state index contributed by atoms with van der Waals surface area (Å²) < 4.78 is 44.3. The highest BCUT2D eigenvalue weighted by Crippen LogP contribution is 2.27. The predicted octanol–water partition coefficient (Wildman–Crippen LogP) is 3.39. The van der Waals surface area contributed by atoms with Crippen molar-refractivity contribution in [1.29, 1.82) is 0 Å². The molecule has 0 heterocycles. The first-order valence-electron chi connectivity index (χ1n) is 9.02. The standard InChI is InChI=1S/C20H24ClFN2O4S/c1-4-19(20(25)23-12-11-14-5-8-16(28-2)9-6-14)24(29(3,26)27)15-7-10-18(22)17(21)13-15/h5-10,13,19H,4,11-12H2,1-3H3,(H,23,25)/t19-/m1/s1. The number of sulfonamides is 1. The first-order valence-corrected chi connectivity index (χ1v) is 11.2. The van der Waals surface area contributed by atoms with Gasteiger partial charge in [0.1, 0.15) is 17.6 Å². The van der Waals surface area contributed by atoms with Gasteiger partial charge in [-0.15, -0.1) is 0 Å². The maximum absolute atomic E-state index is 13.5. The number of amides is 1. The smallest absolute Gasteiger partial charge is 0.243 e. The number of carbonyl (C=O) groups excluding carboxylic acids is 1. The molecule has 0 radical (unpaired) electrons. The maximum atomic E-state index is 13.5. The van der Waals surface area contributed by atoms with Gasteiger partial charge >= 0.3 is 0 Å². The highest BCUT2D eigenvalue weighted by molar-refractivity contribution is 7.92. The van der Waals surface area contributed by atoms with Gasteiger partial charge in [0.2, 0.25) is 15.9 Å². The summed E-state index contributed by atoms with van der Waals surface area (Å²) in [6, 6.07) is 10.0. The van der Waals surface area contributed by atoms with Gasteiger partial charge in [-0.05, 0) is 48.7 Å². The molecule has 0 unspecified atom stereocenters. The normalized spacial score (nSPS) is 12.3. The van der Waals surface area contributed by atoms with E-state index in [0.717, 1.165) is 27.9 Å². The van der Waals surface area contributed by atoms with Crippen molar-refractivity contribution < 1.29 is 22.3 Å². The second-order valence-electron chi connectivity index (χ2n) is 6.47. The minimum absolute atomic E-state index is 0.135. The van der Waals surface area contributed by atoms with Crippen molar-refractivity contribution in [2.45, 2.75) is 25.8 Å². The largest absolute Gasteiger partial charge is 0.497 e. The summed E-state index contributed by atoms with van der Waals surface area (Å²) in [6.07, 6.45) is 1.81. The van der Waals surface area contributed by atoms with Crippen LogP contribution in [0.3, 0.4) is 0 Å². The van der Waals surface area contributed by atoms with Gasteiger partial charge in [-0.25, -0.2) is 12.8 Å². The van der Waals surface area contributed by atoms with Crippen LogP contribution in [0, 0.1) is 5.82 Å². The van der Waals surface area contributed by atoms with E-state index < -0.39 is 27.8 Å². The fourth-order valence-electron chi connectivity index (χ4n) is 2.92. The van der Waals surface area contributed by atoms with E-state index in [1.807, 2.05) is 24.3 Å². The lowest BCUT2D eigenvalue weighted by molar-refractivity contribution is -0.122. The van der Waals surface area contributed by atoms with Gasteiger partial charge < -0.3 is 10.1 Å². The third-order valence-electron chi connectivity index (χ3n) is 4.36. The zero-order chi connectivity index (χ0) is 21.6. The fourth-order valence-corrected chi connectivity index (χ4v) is 4.30. The van der Waals surface area contributed by atoms with Gasteiger partial charge in [0.25, 0.3) is 0 Å². The molecule has 6 nitrogen and oxygen atoms in total. The third-order valence-corrected chi connectivity index (χ3v) is 5.83. The van der Waals surface area contributed by atoms with Crippen molar-refractivity contribution in [1.82, 2.24) is 5.32 Å². The molecule has 0 saturated carbocycles. The van der Waals surface area contributed by atoms with E-state index in [2.05, 4.69) is 5.32 Å². The van der Waals surface area contributed by atoms with Crippen LogP contribution in [0.25, 0.3) is 0 Å². The van der Waals surface area contributed by atoms with Gasteiger partial charge in [-0.2, -0.15) is 0 Å². The van der Waals surface area contributed by atoms with Crippen molar-refractivity contribution in [3.63, 3.8) is 0 Å². The molecule has 0 aromatic heterocycles. The number of ether oxygens (including phenoxy) is 1. The first-order chi connectivity index (χ1) is 13.7. The van der Waals surface area contributed by atoms with Crippen molar-refractivity contribution in [2.75, 3.05) is 24.2 Å². The molecule has 0 saturated heterocycles. The number of carbonyl (C=O) groups is 1. The molecule has 0 aliphatic heterocycles. The number of benzene rings is 2. The van der Waals surface area contributed by atoms with Crippen molar-refractivity contribution >= 4 is 33.2 Å². The summed E-state index contributed by atoms with van der Waals surface area (Å²) in [4.78, 5) is 12.7. The van der Waals surface area contributed by atoms with Crippen LogP contribution in [-0.4, -0.2) is 40.3 Å². The molecule has 2 aromatic carbocycles. The first kappa shape index (κ1) is 23.0. The monoisotopic (exact) mass is 442 g/mol. The molecule has 0 fully saturated rings. The molecule has 1 N–H and O–H groups in total. The lowest BCUT2D eigenvalue weighted by atomic mass is 10.1. The Morgan fingerprint density at radius 1 is 1.24 bits per heavy atom. The SMILES string of the molecule is CC[C@H](C(=O)NCCc1ccc(OC)cc1)N(c1ccc(F)c(Cl)c1)S(C)(=O)=O. The third kappa shape index (κ3) is 6.08. The molecule has 9 heteroatoms. The van der Waals surface area contributed by atoms with Crippen LogP contribution >= 0.6 is 11.6 Å². The molecule has 2 rings (SSSR count). The molecule has 2 aromatic rings. The average molecular weight is 443 g/mol. The van der Waals surface area contributed by atoms with Crippen LogP contribution in [-0.2, 0) is 21.2 Å². The van der Waals surface area contributed by atoms with E-state index >= 15 is 0 Å². The zero-order valence-electron chi connectivity index (χ0n) is 16.5. The Balaban J connectivity index is 2.14. The number of anilines is 1. The second kappa shape index (κ2) is 9.93. The maximum Gasteiger partial charge on any atom is 0.243 e. The predicted molar refractivity (Wildman–Crippen MR) is 113 cm³/mol. The Kier molecular flexibility index (Phi) is 7.87. The molecule has 0 aliphatic rings. The van der Waals surface area contributed by atoms with Gasteiger partial charge in [0.05, 0.1) is 24.1 Å². The van der Waals surface area contributed by atoms with Gasteiger partial charge in [-0.1, -0.05) is 30.7 Å². The summed E-state index contributed by atoms with van der Waals surface area (Å²) in [5.41, 5.74) is 1.14. The van der Waals surface area contributed by atoms with Crippen LogP contribution in [0.4, 0.5) is 10.1 Å². The molecule has 158 valence electrons. The Hall–Kier alpha value is -2.32. The van der Waals surface area contributed by atoms with Gasteiger partial charge in [-0.3, -0.25) is 9.10 Å². The second-order valence-corrected chi connectivity index (χ2v) is 8.74. The quantitative estimate of drug-likeness (QED) is 0.645. The number of nitrogens with zero attached hydrogens (tertiary/aromatic N) is 1. The van der Waals surface area contributed by atoms with Crippen molar-refractivity contribution in [3.05, 3.63) is 58.9 Å². The van der Waals surface area contributed by atoms with E-state index in [-0.39, 0.29) is 17.1 Å². The van der Waals surface area contributed by atoms with E-state index in [1.165, 1.54) is 12.1 Å². The summed E-state index contributed by atoms with van der Waals surface area (Å²) in [6.45, 7) is 2.04. The highest BCUT2D eigenvalue weighted by atomic mass is 35.5.